The van der Waals surface area contributed by atoms with Crippen molar-refractivity contribution >= 4 is 46.5 Å². The Morgan fingerprint density at radius 2 is 1.67 bits per heavy atom. The van der Waals surface area contributed by atoms with Crippen molar-refractivity contribution in [2.45, 2.75) is 39.7 Å². The molecule has 7 nitrogen and oxygen atoms in total. The molecule has 5 rings (SSSR count). The molecule has 2 aromatic heterocycles. The van der Waals surface area contributed by atoms with Crippen molar-refractivity contribution in [1.82, 2.24) is 15.3 Å². The number of furan rings is 1. The number of thiocarbonyl (C=S) groups is 1. The highest BCUT2D eigenvalue weighted by Gasteiger charge is 2.25. The van der Waals surface area contributed by atoms with Gasteiger partial charge in [-0.2, -0.15) is 9.97 Å². The molecule has 190 valence electrons. The quantitative estimate of drug-likeness (QED) is 0.383. The molecular formula is C27H33ClN6OS. The minimum Gasteiger partial charge on any atom is -0.459 e. The van der Waals surface area contributed by atoms with Crippen molar-refractivity contribution < 1.29 is 4.42 Å². The fraction of sp³-hybridized carbons (Fsp3) is 0.444. The van der Waals surface area contributed by atoms with Gasteiger partial charge in [-0.15, -0.1) is 0 Å². The normalized spacial score (nSPS) is 20.0. The van der Waals surface area contributed by atoms with Crippen LogP contribution in [0.4, 0.5) is 17.6 Å². The second-order valence-electron chi connectivity index (χ2n) is 10.0. The molecule has 0 unspecified atom stereocenters. The molecule has 4 heterocycles. The van der Waals surface area contributed by atoms with Gasteiger partial charge in [0.15, 0.2) is 5.11 Å². The Morgan fingerprint density at radius 3 is 2.36 bits per heavy atom. The molecule has 0 radical (unpaired) electrons. The summed E-state index contributed by atoms with van der Waals surface area (Å²) in [5.41, 5.74) is 0.979. The van der Waals surface area contributed by atoms with Gasteiger partial charge in [0.25, 0.3) is 0 Å². The predicted molar refractivity (Wildman–Crippen MR) is 151 cm³/mol. The maximum Gasteiger partial charge on any atom is 0.232 e. The third-order valence-corrected chi connectivity index (χ3v) is 7.26. The van der Waals surface area contributed by atoms with Gasteiger partial charge in [-0.1, -0.05) is 25.4 Å². The molecule has 2 atom stereocenters. The zero-order chi connectivity index (χ0) is 25.1. The highest BCUT2D eigenvalue weighted by atomic mass is 35.5. The van der Waals surface area contributed by atoms with E-state index < -0.39 is 0 Å². The van der Waals surface area contributed by atoms with Gasteiger partial charge in [0, 0.05) is 42.8 Å². The molecule has 0 spiro atoms. The summed E-state index contributed by atoms with van der Waals surface area (Å²) >= 11 is 11.6. The number of hydrogen-bond donors (Lipinski definition) is 2. The Morgan fingerprint density at radius 1 is 1.00 bits per heavy atom. The van der Waals surface area contributed by atoms with Gasteiger partial charge in [-0.05, 0) is 79.7 Å². The lowest BCUT2D eigenvalue weighted by Crippen LogP contribution is -2.39. The minimum absolute atomic E-state index is 0.458. The van der Waals surface area contributed by atoms with Gasteiger partial charge in [-0.25, -0.2) is 0 Å². The summed E-state index contributed by atoms with van der Waals surface area (Å²) in [6, 6.07) is 13.6. The first-order valence-corrected chi connectivity index (χ1v) is 13.5. The maximum absolute atomic E-state index is 5.99. The van der Waals surface area contributed by atoms with E-state index in [2.05, 4.69) is 40.3 Å². The zero-order valence-electron chi connectivity index (χ0n) is 20.8. The lowest BCUT2D eigenvalue weighted by Gasteiger charge is -2.36. The first-order chi connectivity index (χ1) is 17.4. The van der Waals surface area contributed by atoms with E-state index >= 15 is 0 Å². The third kappa shape index (κ3) is 6.10. The van der Waals surface area contributed by atoms with E-state index in [1.54, 1.807) is 0 Å². The Bertz CT molecular complexity index is 1180. The molecule has 2 N–H and O–H groups in total. The van der Waals surface area contributed by atoms with Crippen LogP contribution in [-0.4, -0.2) is 41.3 Å². The van der Waals surface area contributed by atoms with Crippen molar-refractivity contribution in [3.05, 3.63) is 53.2 Å². The van der Waals surface area contributed by atoms with Crippen LogP contribution in [0.15, 0.2) is 46.9 Å². The average Bonchev–Trinajstić information content (AvgIpc) is 3.55. The monoisotopic (exact) mass is 524 g/mol. The molecular weight excluding hydrogens is 492 g/mol. The first kappa shape index (κ1) is 24.8. The summed E-state index contributed by atoms with van der Waals surface area (Å²) in [5.74, 6) is 5.32. The van der Waals surface area contributed by atoms with Crippen LogP contribution < -0.4 is 20.4 Å². The SMILES string of the molecule is C[C@H]1C[C@H](C)CN(c2cc(N3CCCC3)nc(NC(=S)NCc3ccc(-c4ccc(Cl)cc4)o3)n2)C1. The van der Waals surface area contributed by atoms with Gasteiger partial charge in [0.1, 0.15) is 23.2 Å². The second kappa shape index (κ2) is 11.0. The first-order valence-electron chi connectivity index (χ1n) is 12.7. The largest absolute Gasteiger partial charge is 0.459 e. The van der Waals surface area contributed by atoms with Crippen LogP contribution in [-0.2, 0) is 6.54 Å². The Hall–Kier alpha value is -2.84. The van der Waals surface area contributed by atoms with E-state index in [0.29, 0.717) is 34.5 Å². The van der Waals surface area contributed by atoms with Crippen LogP contribution in [0.5, 0.6) is 0 Å². The fourth-order valence-corrected chi connectivity index (χ4v) is 5.44. The van der Waals surface area contributed by atoms with E-state index in [-0.39, 0.29) is 0 Å². The van der Waals surface area contributed by atoms with Gasteiger partial charge in [-0.3, -0.25) is 0 Å². The van der Waals surface area contributed by atoms with Crippen molar-refractivity contribution in [3.8, 4) is 11.3 Å². The number of aromatic nitrogens is 2. The standard InChI is InChI=1S/C27H33ClN6OS/c1-18-13-19(2)17-34(16-18)25-14-24(33-11-3-4-12-33)30-26(31-25)32-27(36)29-15-22-9-10-23(35-22)20-5-7-21(28)8-6-20/h5-10,14,18-19H,3-4,11-13,15-17H2,1-2H3,(H2,29,30,31,32,36)/t18-,19-/m0/s1. The van der Waals surface area contributed by atoms with Crippen LogP contribution in [0.1, 0.15) is 38.9 Å². The molecule has 2 saturated heterocycles. The number of halogens is 1. The number of hydrogen-bond acceptors (Lipinski definition) is 6. The van der Waals surface area contributed by atoms with Gasteiger partial charge in [0.05, 0.1) is 6.54 Å². The Labute approximate surface area is 223 Å². The Balaban J connectivity index is 1.26. The smallest absolute Gasteiger partial charge is 0.232 e. The summed E-state index contributed by atoms with van der Waals surface area (Å²) in [7, 11) is 0. The topological polar surface area (TPSA) is 69.5 Å². The van der Waals surface area contributed by atoms with Crippen LogP contribution >= 0.6 is 23.8 Å². The second-order valence-corrected chi connectivity index (χ2v) is 10.9. The molecule has 1 aromatic carbocycles. The molecule has 3 aromatic rings. The lowest BCUT2D eigenvalue weighted by atomic mass is 9.92. The molecule has 0 amide bonds. The number of piperidine rings is 1. The number of nitrogens with zero attached hydrogens (tertiary/aromatic N) is 4. The van der Waals surface area contributed by atoms with Crippen LogP contribution in [0, 0.1) is 11.8 Å². The van der Waals surface area contributed by atoms with E-state index in [9.17, 15) is 0 Å². The van der Waals surface area contributed by atoms with Crippen molar-refractivity contribution in [2.75, 3.05) is 41.3 Å². The Kier molecular flexibility index (Phi) is 7.62. The third-order valence-electron chi connectivity index (χ3n) is 6.76. The molecule has 2 aliphatic rings. The highest BCUT2D eigenvalue weighted by molar-refractivity contribution is 7.80. The zero-order valence-corrected chi connectivity index (χ0v) is 22.4. The molecule has 36 heavy (non-hydrogen) atoms. The van der Waals surface area contributed by atoms with Crippen molar-refractivity contribution in [2.24, 2.45) is 11.8 Å². The van der Waals surface area contributed by atoms with Crippen LogP contribution in [0.3, 0.4) is 0 Å². The molecule has 2 fully saturated rings. The van der Waals surface area contributed by atoms with Crippen LogP contribution in [0.2, 0.25) is 5.02 Å². The maximum atomic E-state index is 5.99. The van der Waals surface area contributed by atoms with E-state index in [1.165, 1.54) is 19.3 Å². The van der Waals surface area contributed by atoms with Gasteiger partial charge in [0.2, 0.25) is 5.95 Å². The van der Waals surface area contributed by atoms with Crippen molar-refractivity contribution in [3.63, 3.8) is 0 Å². The number of nitrogens with one attached hydrogen (secondary N) is 2. The molecule has 0 saturated carbocycles. The summed E-state index contributed by atoms with van der Waals surface area (Å²) in [4.78, 5) is 14.4. The van der Waals surface area contributed by atoms with E-state index in [0.717, 1.165) is 54.9 Å². The summed E-state index contributed by atoms with van der Waals surface area (Å²) in [6.07, 6.45) is 3.65. The molecule has 0 bridgehead atoms. The number of rotatable bonds is 6. The molecule has 0 aliphatic carbocycles. The van der Waals surface area contributed by atoms with Gasteiger partial charge >= 0.3 is 0 Å². The van der Waals surface area contributed by atoms with Crippen LogP contribution in [0.25, 0.3) is 11.3 Å². The predicted octanol–water partition coefficient (Wildman–Crippen LogP) is 5.96. The summed E-state index contributed by atoms with van der Waals surface area (Å²) < 4.78 is 5.98. The molecule has 2 aliphatic heterocycles. The minimum atomic E-state index is 0.458. The van der Waals surface area contributed by atoms with E-state index in [4.69, 9.17) is 38.2 Å². The number of benzene rings is 1. The van der Waals surface area contributed by atoms with Crippen molar-refractivity contribution in [1.29, 1.82) is 0 Å². The number of anilines is 3. The lowest BCUT2D eigenvalue weighted by molar-refractivity contribution is 0.355. The molecule has 9 heteroatoms. The van der Waals surface area contributed by atoms with E-state index in [1.807, 2.05) is 36.4 Å². The highest BCUT2D eigenvalue weighted by Crippen LogP contribution is 2.29. The summed E-state index contributed by atoms with van der Waals surface area (Å²) in [6.45, 7) is 9.17. The average molecular weight is 525 g/mol. The summed E-state index contributed by atoms with van der Waals surface area (Å²) in [5, 5.41) is 7.60. The van der Waals surface area contributed by atoms with Gasteiger partial charge < -0.3 is 24.9 Å². The fourth-order valence-electron chi connectivity index (χ4n) is 5.15.